The molecule has 1 heteroatoms. The van der Waals surface area contributed by atoms with E-state index < -0.39 is 0 Å². The number of nitrogens with two attached hydrogens (primary N) is 1. The molecule has 0 radical (unpaired) electrons. The van der Waals surface area contributed by atoms with Crippen LogP contribution in [0.25, 0.3) is 0 Å². The highest BCUT2D eigenvalue weighted by Crippen LogP contribution is 2.25. The van der Waals surface area contributed by atoms with Crippen LogP contribution in [0.5, 0.6) is 0 Å². The molecular weight excluding hydrogens is 134 g/mol. The van der Waals surface area contributed by atoms with Gasteiger partial charge in [-0.2, -0.15) is 0 Å². The molecule has 2 N–H and O–H groups in total. The minimum atomic E-state index is 0.237. The van der Waals surface area contributed by atoms with Gasteiger partial charge in [-0.05, 0) is 17.9 Å². The predicted molar refractivity (Wildman–Crippen MR) is 51.4 cm³/mol. The highest BCUT2D eigenvalue weighted by molar-refractivity contribution is 5.24. The van der Waals surface area contributed by atoms with Crippen LogP contribution in [0.1, 0.15) is 27.7 Å². The zero-order valence-corrected chi connectivity index (χ0v) is 8.02. The lowest BCUT2D eigenvalue weighted by atomic mass is 9.86. The second-order valence-electron chi connectivity index (χ2n) is 3.63. The van der Waals surface area contributed by atoms with E-state index in [0.29, 0.717) is 6.54 Å². The second-order valence-corrected chi connectivity index (χ2v) is 3.63. The van der Waals surface area contributed by atoms with Crippen molar-refractivity contribution in [1.82, 2.24) is 0 Å². The van der Waals surface area contributed by atoms with Gasteiger partial charge in [-0.25, -0.2) is 0 Å². The molecule has 1 nitrogen and oxygen atoms in total. The highest BCUT2D eigenvalue weighted by atomic mass is 14.5. The molecule has 0 heterocycles. The standard InChI is InChI=1S/C10H19N/c1-5-9(7-6-8-11)10(2,3)4/h5-7H,8,11H2,1-4H3/b7-6-,9-5+. The van der Waals surface area contributed by atoms with Crippen molar-refractivity contribution in [3.05, 3.63) is 23.8 Å². The van der Waals surface area contributed by atoms with Gasteiger partial charge < -0.3 is 5.73 Å². The van der Waals surface area contributed by atoms with Gasteiger partial charge in [0.1, 0.15) is 0 Å². The van der Waals surface area contributed by atoms with Gasteiger partial charge in [0.05, 0.1) is 0 Å². The molecule has 0 aliphatic heterocycles. The molecule has 0 fully saturated rings. The fourth-order valence-electron chi connectivity index (χ4n) is 0.974. The largest absolute Gasteiger partial charge is 0.327 e. The van der Waals surface area contributed by atoms with Gasteiger partial charge in [-0.1, -0.05) is 39.0 Å². The first-order chi connectivity index (χ1) is 5.02. The Morgan fingerprint density at radius 2 is 1.91 bits per heavy atom. The van der Waals surface area contributed by atoms with E-state index >= 15 is 0 Å². The lowest BCUT2D eigenvalue weighted by Crippen LogP contribution is -2.07. The third kappa shape index (κ3) is 3.99. The topological polar surface area (TPSA) is 26.0 Å². The molecule has 0 unspecified atom stereocenters. The van der Waals surface area contributed by atoms with E-state index in [9.17, 15) is 0 Å². The molecule has 0 saturated carbocycles. The van der Waals surface area contributed by atoms with Crippen LogP contribution in [0.15, 0.2) is 23.8 Å². The lowest BCUT2D eigenvalue weighted by Gasteiger charge is -2.19. The minimum absolute atomic E-state index is 0.237. The summed E-state index contributed by atoms with van der Waals surface area (Å²) in [7, 11) is 0. The molecule has 0 amide bonds. The van der Waals surface area contributed by atoms with Crippen LogP contribution in [-0.2, 0) is 0 Å². The quantitative estimate of drug-likeness (QED) is 0.606. The molecule has 0 aromatic carbocycles. The molecule has 0 spiro atoms. The zero-order valence-electron chi connectivity index (χ0n) is 8.02. The van der Waals surface area contributed by atoms with Crippen molar-refractivity contribution >= 4 is 0 Å². The number of rotatable bonds is 2. The summed E-state index contributed by atoms with van der Waals surface area (Å²) in [6, 6.07) is 0. The number of allylic oxidation sites excluding steroid dienone is 3. The normalized spacial score (nSPS) is 14.5. The summed E-state index contributed by atoms with van der Waals surface area (Å²) < 4.78 is 0. The molecule has 0 aromatic rings. The Hall–Kier alpha value is -0.560. The van der Waals surface area contributed by atoms with E-state index in [2.05, 4.69) is 39.8 Å². The SMILES string of the molecule is C/C=C(\C=C/CN)C(C)(C)C. The van der Waals surface area contributed by atoms with Gasteiger partial charge in [-0.15, -0.1) is 0 Å². The lowest BCUT2D eigenvalue weighted by molar-refractivity contribution is 0.516. The Labute approximate surface area is 70.0 Å². The molecule has 0 rings (SSSR count). The fourth-order valence-corrected chi connectivity index (χ4v) is 0.974. The molecule has 64 valence electrons. The first kappa shape index (κ1) is 10.4. The maximum Gasteiger partial charge on any atom is 0.0110 e. The first-order valence-corrected chi connectivity index (χ1v) is 4.05. The molecule has 0 saturated heterocycles. The van der Waals surface area contributed by atoms with Crippen LogP contribution < -0.4 is 5.73 Å². The van der Waals surface area contributed by atoms with E-state index in [4.69, 9.17) is 5.73 Å². The summed E-state index contributed by atoms with van der Waals surface area (Å²) in [5.74, 6) is 0. The second kappa shape index (κ2) is 4.35. The molecule has 0 bridgehead atoms. The summed E-state index contributed by atoms with van der Waals surface area (Å²) in [4.78, 5) is 0. The van der Waals surface area contributed by atoms with Crippen molar-refractivity contribution in [1.29, 1.82) is 0 Å². The van der Waals surface area contributed by atoms with Crippen molar-refractivity contribution in [2.45, 2.75) is 27.7 Å². The minimum Gasteiger partial charge on any atom is -0.327 e. The van der Waals surface area contributed by atoms with Gasteiger partial charge in [0, 0.05) is 6.54 Å². The number of hydrogen-bond acceptors (Lipinski definition) is 1. The van der Waals surface area contributed by atoms with Crippen LogP contribution in [0.4, 0.5) is 0 Å². The van der Waals surface area contributed by atoms with Crippen molar-refractivity contribution in [3.63, 3.8) is 0 Å². The Morgan fingerprint density at radius 3 is 2.18 bits per heavy atom. The van der Waals surface area contributed by atoms with Crippen molar-refractivity contribution in [3.8, 4) is 0 Å². The smallest absolute Gasteiger partial charge is 0.0110 e. The van der Waals surface area contributed by atoms with Crippen molar-refractivity contribution in [2.24, 2.45) is 11.1 Å². The third-order valence-corrected chi connectivity index (χ3v) is 1.61. The van der Waals surface area contributed by atoms with Crippen LogP contribution in [0.2, 0.25) is 0 Å². The average Bonchev–Trinajstić information content (AvgIpc) is 1.87. The zero-order chi connectivity index (χ0) is 8.91. The van der Waals surface area contributed by atoms with Crippen LogP contribution >= 0.6 is 0 Å². The van der Waals surface area contributed by atoms with Gasteiger partial charge in [0.25, 0.3) is 0 Å². The van der Waals surface area contributed by atoms with Gasteiger partial charge >= 0.3 is 0 Å². The molecule has 0 atom stereocenters. The molecule has 0 aromatic heterocycles. The van der Waals surface area contributed by atoms with E-state index in [1.165, 1.54) is 5.57 Å². The Bertz CT molecular complexity index is 158. The molecule has 0 aliphatic carbocycles. The third-order valence-electron chi connectivity index (χ3n) is 1.61. The predicted octanol–water partition coefficient (Wildman–Crippen LogP) is 2.49. The van der Waals surface area contributed by atoms with Crippen LogP contribution in [-0.4, -0.2) is 6.54 Å². The van der Waals surface area contributed by atoms with Gasteiger partial charge in [0.15, 0.2) is 0 Å². The Morgan fingerprint density at radius 1 is 1.36 bits per heavy atom. The summed E-state index contributed by atoms with van der Waals surface area (Å²) in [6.07, 6.45) is 6.22. The maximum atomic E-state index is 5.36. The van der Waals surface area contributed by atoms with Crippen LogP contribution in [0.3, 0.4) is 0 Å². The first-order valence-electron chi connectivity index (χ1n) is 4.05. The van der Waals surface area contributed by atoms with Gasteiger partial charge in [0.2, 0.25) is 0 Å². The Kier molecular flexibility index (Phi) is 4.12. The molecular formula is C10H19N. The van der Waals surface area contributed by atoms with E-state index in [0.717, 1.165) is 0 Å². The summed E-state index contributed by atoms with van der Waals surface area (Å²) in [5, 5.41) is 0. The van der Waals surface area contributed by atoms with Gasteiger partial charge in [-0.3, -0.25) is 0 Å². The highest BCUT2D eigenvalue weighted by Gasteiger charge is 2.12. The van der Waals surface area contributed by atoms with Crippen LogP contribution in [0, 0.1) is 5.41 Å². The molecule has 0 aliphatic rings. The van der Waals surface area contributed by atoms with Crippen molar-refractivity contribution < 1.29 is 0 Å². The number of hydrogen-bond donors (Lipinski definition) is 1. The van der Waals surface area contributed by atoms with Crippen molar-refractivity contribution in [2.75, 3.05) is 6.54 Å². The molecule has 11 heavy (non-hydrogen) atoms. The monoisotopic (exact) mass is 153 g/mol. The Balaban J connectivity index is 4.33. The van der Waals surface area contributed by atoms with E-state index in [-0.39, 0.29) is 5.41 Å². The average molecular weight is 153 g/mol. The fraction of sp³-hybridized carbons (Fsp3) is 0.600. The summed E-state index contributed by atoms with van der Waals surface area (Å²) in [5.41, 5.74) is 6.93. The summed E-state index contributed by atoms with van der Waals surface area (Å²) in [6.45, 7) is 9.27. The summed E-state index contributed by atoms with van der Waals surface area (Å²) >= 11 is 0. The van der Waals surface area contributed by atoms with E-state index in [1.54, 1.807) is 0 Å². The van der Waals surface area contributed by atoms with E-state index in [1.807, 2.05) is 6.08 Å². The maximum absolute atomic E-state index is 5.36.